The van der Waals surface area contributed by atoms with Crippen LogP contribution in [0.15, 0.2) is 59.6 Å². The van der Waals surface area contributed by atoms with Crippen molar-refractivity contribution >= 4 is 17.6 Å². The van der Waals surface area contributed by atoms with E-state index < -0.39 is 11.9 Å². The van der Waals surface area contributed by atoms with Gasteiger partial charge in [-0.2, -0.15) is 0 Å². The summed E-state index contributed by atoms with van der Waals surface area (Å²) in [5.74, 6) is -1.09. The zero-order valence-electron chi connectivity index (χ0n) is 12.0. The second kappa shape index (κ2) is 7.17. The lowest BCUT2D eigenvalue weighted by Crippen LogP contribution is -2.18. The first-order chi connectivity index (χ1) is 10.6. The van der Waals surface area contributed by atoms with Crippen molar-refractivity contribution in [1.82, 2.24) is 0 Å². The molecule has 1 N–H and O–H groups in total. The van der Waals surface area contributed by atoms with Crippen LogP contribution in [0.2, 0.25) is 0 Å². The fraction of sp³-hybridized carbons (Fsp3) is 0.118. The average Bonchev–Trinajstić information content (AvgIpc) is 2.55. The topological polar surface area (TPSA) is 76.0 Å². The van der Waals surface area contributed by atoms with E-state index in [4.69, 9.17) is 4.74 Å². The minimum atomic E-state index is -1.21. The van der Waals surface area contributed by atoms with Crippen molar-refractivity contribution in [2.75, 3.05) is 7.11 Å². The van der Waals surface area contributed by atoms with Gasteiger partial charge in [0.25, 0.3) is 5.91 Å². The Balaban J connectivity index is 2.20. The van der Waals surface area contributed by atoms with Crippen molar-refractivity contribution in [2.24, 2.45) is 4.99 Å². The van der Waals surface area contributed by atoms with Gasteiger partial charge in [-0.05, 0) is 29.8 Å². The van der Waals surface area contributed by atoms with Gasteiger partial charge in [0.15, 0.2) is 0 Å². The van der Waals surface area contributed by atoms with Crippen LogP contribution in [-0.4, -0.2) is 29.8 Å². The number of amides is 1. The highest BCUT2D eigenvalue weighted by Gasteiger charge is 2.14. The first kappa shape index (κ1) is 15.4. The van der Waals surface area contributed by atoms with E-state index in [0.717, 1.165) is 5.56 Å². The smallest absolute Gasteiger partial charge is 0.350 e. The number of nitrogens with zero attached hydrogens (tertiary/aromatic N) is 1. The number of methoxy groups -OCH3 is 1. The number of carboxylic acid groups (broad SMARTS) is 1. The van der Waals surface area contributed by atoms with Gasteiger partial charge in [0.2, 0.25) is 0 Å². The van der Waals surface area contributed by atoms with Gasteiger partial charge in [-0.25, -0.2) is 9.79 Å². The van der Waals surface area contributed by atoms with Crippen LogP contribution >= 0.6 is 0 Å². The van der Waals surface area contributed by atoms with E-state index in [1.54, 1.807) is 61.7 Å². The lowest BCUT2D eigenvalue weighted by Gasteiger charge is -2.04. The van der Waals surface area contributed by atoms with Gasteiger partial charge in [0.1, 0.15) is 11.5 Å². The minimum Gasteiger partial charge on any atom is -0.497 e. The molecule has 0 radical (unpaired) electrons. The lowest BCUT2D eigenvalue weighted by atomic mass is 10.1. The molecule has 5 nitrogen and oxygen atoms in total. The normalized spacial score (nSPS) is 11.0. The fourth-order valence-corrected chi connectivity index (χ4v) is 1.87. The standard InChI is InChI=1S/C17H15NO4/c1-22-14-9-7-12(8-10-14)11-15(17(20)21)18-16(19)13-5-3-2-4-6-13/h2-10H,11H2,1H3,(H,20,21). The number of ether oxygens (including phenoxy) is 1. The lowest BCUT2D eigenvalue weighted by molar-refractivity contribution is -0.129. The third kappa shape index (κ3) is 4.02. The molecule has 0 spiro atoms. The molecule has 0 fully saturated rings. The van der Waals surface area contributed by atoms with Crippen LogP contribution in [0.1, 0.15) is 15.9 Å². The zero-order chi connectivity index (χ0) is 15.9. The molecule has 1 amide bonds. The summed E-state index contributed by atoms with van der Waals surface area (Å²) in [6, 6.07) is 15.3. The van der Waals surface area contributed by atoms with E-state index >= 15 is 0 Å². The molecule has 0 aliphatic heterocycles. The first-order valence-corrected chi connectivity index (χ1v) is 6.63. The average molecular weight is 297 g/mol. The maximum absolute atomic E-state index is 12.0. The highest BCUT2D eigenvalue weighted by Crippen LogP contribution is 2.12. The molecule has 0 aromatic heterocycles. The minimum absolute atomic E-state index is 0.0674. The largest absolute Gasteiger partial charge is 0.497 e. The Kier molecular flexibility index (Phi) is 5.03. The molecule has 2 rings (SSSR count). The van der Waals surface area contributed by atoms with Gasteiger partial charge < -0.3 is 9.84 Å². The molecular formula is C17H15NO4. The maximum Gasteiger partial charge on any atom is 0.350 e. The summed E-state index contributed by atoms with van der Waals surface area (Å²) in [5, 5.41) is 9.22. The number of benzene rings is 2. The van der Waals surface area contributed by atoms with E-state index in [1.807, 2.05) is 0 Å². The van der Waals surface area contributed by atoms with Gasteiger partial charge in [0, 0.05) is 12.0 Å². The molecule has 0 aliphatic carbocycles. The van der Waals surface area contributed by atoms with Gasteiger partial charge in [-0.3, -0.25) is 4.79 Å². The van der Waals surface area contributed by atoms with E-state index in [9.17, 15) is 14.7 Å². The number of aliphatic carboxylic acids is 1. The molecule has 0 heterocycles. The molecule has 0 bridgehead atoms. The quantitative estimate of drug-likeness (QED) is 0.861. The number of rotatable bonds is 5. The van der Waals surface area contributed by atoms with Gasteiger partial charge in [-0.15, -0.1) is 0 Å². The van der Waals surface area contributed by atoms with Crippen LogP contribution in [0.4, 0.5) is 0 Å². The highest BCUT2D eigenvalue weighted by atomic mass is 16.5. The Hall–Kier alpha value is -2.95. The molecule has 22 heavy (non-hydrogen) atoms. The molecule has 0 unspecified atom stereocenters. The molecule has 0 atom stereocenters. The summed E-state index contributed by atoms with van der Waals surface area (Å²) in [4.78, 5) is 27.0. The van der Waals surface area contributed by atoms with Gasteiger partial charge in [-0.1, -0.05) is 30.3 Å². The van der Waals surface area contributed by atoms with Crippen LogP contribution in [-0.2, 0) is 11.2 Å². The van der Waals surface area contributed by atoms with Crippen LogP contribution in [0.5, 0.6) is 5.75 Å². The predicted octanol–water partition coefficient (Wildman–Crippen LogP) is 2.60. The van der Waals surface area contributed by atoms with Crippen LogP contribution in [0.25, 0.3) is 0 Å². The molecule has 2 aromatic carbocycles. The fourth-order valence-electron chi connectivity index (χ4n) is 1.87. The Morgan fingerprint density at radius 2 is 1.68 bits per heavy atom. The van der Waals surface area contributed by atoms with Crippen molar-refractivity contribution in [2.45, 2.75) is 6.42 Å². The van der Waals surface area contributed by atoms with Gasteiger partial charge >= 0.3 is 5.97 Å². The molecule has 112 valence electrons. The van der Waals surface area contributed by atoms with Crippen molar-refractivity contribution in [3.8, 4) is 5.75 Å². The van der Waals surface area contributed by atoms with E-state index in [0.29, 0.717) is 11.3 Å². The third-order valence-corrected chi connectivity index (χ3v) is 3.03. The summed E-state index contributed by atoms with van der Waals surface area (Å²) < 4.78 is 5.04. The number of hydrogen-bond donors (Lipinski definition) is 1. The van der Waals surface area contributed by atoms with Gasteiger partial charge in [0.05, 0.1) is 7.11 Å². The van der Waals surface area contributed by atoms with Crippen molar-refractivity contribution in [3.05, 3.63) is 65.7 Å². The predicted molar refractivity (Wildman–Crippen MR) is 82.5 cm³/mol. The summed E-state index contributed by atoms with van der Waals surface area (Å²) in [7, 11) is 1.55. The van der Waals surface area contributed by atoms with Crippen molar-refractivity contribution in [1.29, 1.82) is 0 Å². The van der Waals surface area contributed by atoms with E-state index in [1.165, 1.54) is 0 Å². The van der Waals surface area contributed by atoms with E-state index in [-0.39, 0.29) is 12.1 Å². The number of hydrogen-bond acceptors (Lipinski definition) is 3. The van der Waals surface area contributed by atoms with Crippen molar-refractivity contribution < 1.29 is 19.4 Å². The maximum atomic E-state index is 12.0. The highest BCUT2D eigenvalue weighted by molar-refractivity contribution is 6.38. The summed E-state index contributed by atoms with van der Waals surface area (Å²) in [6.07, 6.45) is 0.0674. The molecule has 2 aromatic rings. The Labute approximate surface area is 127 Å². The van der Waals surface area contributed by atoms with E-state index in [2.05, 4.69) is 4.99 Å². The number of aliphatic imine (C=N–C) groups is 1. The molecule has 0 saturated heterocycles. The second-order valence-electron chi connectivity index (χ2n) is 4.56. The Bertz CT molecular complexity index is 690. The zero-order valence-corrected chi connectivity index (χ0v) is 12.0. The summed E-state index contributed by atoms with van der Waals surface area (Å²) in [6.45, 7) is 0. The number of carbonyl (C=O) groups is 2. The molecular weight excluding hydrogens is 282 g/mol. The third-order valence-electron chi connectivity index (χ3n) is 3.03. The van der Waals surface area contributed by atoms with Crippen LogP contribution in [0, 0.1) is 0 Å². The second-order valence-corrected chi connectivity index (χ2v) is 4.56. The Morgan fingerprint density at radius 3 is 2.23 bits per heavy atom. The number of carbonyl (C=O) groups excluding carboxylic acids is 1. The van der Waals surface area contributed by atoms with Crippen LogP contribution in [0.3, 0.4) is 0 Å². The monoisotopic (exact) mass is 297 g/mol. The molecule has 0 saturated carbocycles. The first-order valence-electron chi connectivity index (χ1n) is 6.63. The molecule has 5 heteroatoms. The summed E-state index contributed by atoms with van der Waals surface area (Å²) in [5.41, 5.74) is 0.901. The number of carboxylic acids is 1. The SMILES string of the molecule is COc1ccc(CC(=NC(=O)c2ccccc2)C(=O)O)cc1. The van der Waals surface area contributed by atoms with Crippen molar-refractivity contribution in [3.63, 3.8) is 0 Å². The Morgan fingerprint density at radius 1 is 1.05 bits per heavy atom. The summed E-state index contributed by atoms with van der Waals surface area (Å²) >= 11 is 0. The molecule has 0 aliphatic rings. The van der Waals surface area contributed by atoms with Crippen LogP contribution < -0.4 is 4.74 Å².